The van der Waals surface area contributed by atoms with Gasteiger partial charge in [0.05, 0.1) is 9.13 Å². The molecule has 2 fully saturated rings. The summed E-state index contributed by atoms with van der Waals surface area (Å²) in [7, 11) is 0. The third-order valence-electron chi connectivity index (χ3n) is 3.56. The molecule has 1 aliphatic heterocycles. The average Bonchev–Trinajstić information content (AvgIpc) is 2.73. The molecule has 3 atom stereocenters. The summed E-state index contributed by atoms with van der Waals surface area (Å²) in [5.74, 6) is 1.76. The highest BCUT2D eigenvalue weighted by Gasteiger charge is 2.53. The van der Waals surface area contributed by atoms with Crippen LogP contribution in [-0.4, -0.2) is 24.1 Å². The monoisotopic (exact) mass is 369 g/mol. The molecule has 2 heterocycles. The van der Waals surface area contributed by atoms with Crippen LogP contribution in [0.25, 0.3) is 0 Å². The molecule has 1 aliphatic carbocycles. The van der Waals surface area contributed by atoms with Crippen LogP contribution in [0.15, 0.2) is 12.3 Å². The molecule has 98 valence electrons. The molecule has 1 aromatic heterocycles. The van der Waals surface area contributed by atoms with Crippen LogP contribution in [0.5, 0.6) is 0 Å². The van der Waals surface area contributed by atoms with Gasteiger partial charge < -0.3 is 10.6 Å². The van der Waals surface area contributed by atoms with Crippen LogP contribution in [-0.2, 0) is 6.18 Å². The van der Waals surface area contributed by atoms with Gasteiger partial charge in [0, 0.05) is 25.3 Å². The predicted octanol–water partition coefficient (Wildman–Crippen LogP) is 2.33. The molecular weight excluding hydrogens is 358 g/mol. The maximum absolute atomic E-state index is 12.5. The quantitative estimate of drug-likeness (QED) is 0.786. The number of fused-ring (bicyclic) bond motifs is 1. The number of aromatic nitrogens is 1. The molecule has 7 heteroatoms. The molecule has 2 aliphatic rings. The Balaban J connectivity index is 1.74. The third-order valence-corrected chi connectivity index (χ3v) is 4.39. The van der Waals surface area contributed by atoms with E-state index in [1.165, 1.54) is 0 Å². The molecule has 0 aromatic carbocycles. The third kappa shape index (κ3) is 2.18. The summed E-state index contributed by atoms with van der Waals surface area (Å²) in [6, 6.07) is 1.50. The minimum Gasteiger partial charge on any atom is -0.366 e. The largest absolute Gasteiger partial charge is 0.417 e. The van der Waals surface area contributed by atoms with Crippen LogP contribution < -0.4 is 10.6 Å². The fourth-order valence-corrected chi connectivity index (χ4v) is 3.12. The van der Waals surface area contributed by atoms with Crippen molar-refractivity contribution in [2.75, 3.05) is 18.4 Å². The van der Waals surface area contributed by atoms with Crippen LogP contribution in [0.1, 0.15) is 5.56 Å². The van der Waals surface area contributed by atoms with E-state index in [9.17, 15) is 13.2 Å². The second-order valence-corrected chi connectivity index (χ2v) is 5.87. The Morgan fingerprint density at radius 2 is 2.00 bits per heavy atom. The van der Waals surface area contributed by atoms with Crippen molar-refractivity contribution in [3.05, 3.63) is 21.4 Å². The SMILES string of the molecule is FC(F)(F)c1cnc(N[C@H]2[C@@H]3CNC[C@@H]32)c(I)c1. The van der Waals surface area contributed by atoms with Crippen molar-refractivity contribution in [2.45, 2.75) is 12.2 Å². The van der Waals surface area contributed by atoms with Crippen molar-refractivity contribution in [3.63, 3.8) is 0 Å². The topological polar surface area (TPSA) is 37.0 Å². The summed E-state index contributed by atoms with van der Waals surface area (Å²) in [5.41, 5.74) is -0.699. The molecule has 0 unspecified atom stereocenters. The van der Waals surface area contributed by atoms with E-state index in [4.69, 9.17) is 0 Å². The zero-order valence-corrected chi connectivity index (χ0v) is 11.4. The van der Waals surface area contributed by atoms with Gasteiger partial charge in [0.25, 0.3) is 0 Å². The molecule has 0 amide bonds. The fourth-order valence-electron chi connectivity index (χ4n) is 2.49. The Labute approximate surface area is 116 Å². The number of piperidine rings is 1. The van der Waals surface area contributed by atoms with Crippen LogP contribution in [0, 0.1) is 15.4 Å². The number of anilines is 1. The normalized spacial score (nSPS) is 30.1. The lowest BCUT2D eigenvalue weighted by Crippen LogP contribution is -2.22. The van der Waals surface area contributed by atoms with Crippen molar-refractivity contribution >= 4 is 28.4 Å². The molecule has 1 aromatic rings. The maximum Gasteiger partial charge on any atom is 0.417 e. The Kier molecular flexibility index (Phi) is 2.92. The maximum atomic E-state index is 12.5. The average molecular weight is 369 g/mol. The number of hydrogen-bond acceptors (Lipinski definition) is 3. The van der Waals surface area contributed by atoms with Gasteiger partial charge in [-0.1, -0.05) is 0 Å². The minimum absolute atomic E-state index is 0.365. The van der Waals surface area contributed by atoms with E-state index in [0.717, 1.165) is 25.4 Å². The summed E-state index contributed by atoms with van der Waals surface area (Å²) >= 11 is 1.89. The second-order valence-electron chi connectivity index (χ2n) is 4.71. The van der Waals surface area contributed by atoms with Gasteiger partial charge in [-0.3, -0.25) is 0 Å². The van der Waals surface area contributed by atoms with E-state index in [0.29, 0.717) is 27.3 Å². The lowest BCUT2D eigenvalue weighted by molar-refractivity contribution is -0.137. The highest BCUT2D eigenvalue weighted by molar-refractivity contribution is 14.1. The van der Waals surface area contributed by atoms with E-state index in [-0.39, 0.29) is 0 Å². The molecule has 1 saturated heterocycles. The number of halogens is 4. The van der Waals surface area contributed by atoms with Crippen molar-refractivity contribution in [1.82, 2.24) is 10.3 Å². The molecule has 0 radical (unpaired) electrons. The molecule has 0 bridgehead atoms. The molecular formula is C11H11F3IN3. The van der Waals surface area contributed by atoms with Crippen molar-refractivity contribution in [1.29, 1.82) is 0 Å². The number of hydrogen-bond donors (Lipinski definition) is 2. The van der Waals surface area contributed by atoms with Crippen LogP contribution >= 0.6 is 22.6 Å². The van der Waals surface area contributed by atoms with Gasteiger partial charge in [0.1, 0.15) is 5.82 Å². The first-order valence-electron chi connectivity index (χ1n) is 5.67. The Morgan fingerprint density at radius 1 is 1.33 bits per heavy atom. The number of nitrogens with zero attached hydrogens (tertiary/aromatic N) is 1. The second kappa shape index (κ2) is 4.22. The zero-order chi connectivity index (χ0) is 12.9. The van der Waals surface area contributed by atoms with E-state index >= 15 is 0 Å². The van der Waals surface area contributed by atoms with Crippen LogP contribution in [0.3, 0.4) is 0 Å². The number of pyridine rings is 1. The molecule has 0 spiro atoms. The standard InChI is InChI=1S/C11H11F3IN3/c12-11(13,14)5-1-8(15)10(17-2-5)18-9-6-3-16-4-7(6)9/h1-2,6-7,9,16H,3-4H2,(H,17,18)/t6-,7+,9+. The summed E-state index contributed by atoms with van der Waals surface area (Å²) in [4.78, 5) is 3.89. The molecule has 3 nitrogen and oxygen atoms in total. The summed E-state index contributed by atoms with van der Waals surface area (Å²) in [6.45, 7) is 1.97. The first-order valence-corrected chi connectivity index (χ1v) is 6.74. The molecule has 3 rings (SSSR count). The van der Waals surface area contributed by atoms with Crippen molar-refractivity contribution in [2.24, 2.45) is 11.8 Å². The van der Waals surface area contributed by atoms with Gasteiger partial charge in [-0.15, -0.1) is 0 Å². The van der Waals surface area contributed by atoms with E-state index in [1.54, 1.807) is 0 Å². The van der Waals surface area contributed by atoms with Crippen LogP contribution in [0.2, 0.25) is 0 Å². The summed E-state index contributed by atoms with van der Waals surface area (Å²) in [5, 5.41) is 6.51. The van der Waals surface area contributed by atoms with Gasteiger partial charge in [-0.2, -0.15) is 13.2 Å². The Bertz CT molecular complexity index is 467. The van der Waals surface area contributed by atoms with Crippen molar-refractivity contribution < 1.29 is 13.2 Å². The number of rotatable bonds is 2. The highest BCUT2D eigenvalue weighted by Crippen LogP contribution is 2.44. The Hall–Kier alpha value is -0.570. The van der Waals surface area contributed by atoms with Crippen molar-refractivity contribution in [3.8, 4) is 0 Å². The zero-order valence-electron chi connectivity index (χ0n) is 9.26. The highest BCUT2D eigenvalue weighted by atomic mass is 127. The summed E-state index contributed by atoms with van der Waals surface area (Å²) < 4.78 is 38.0. The molecule has 2 N–H and O–H groups in total. The Morgan fingerprint density at radius 3 is 2.56 bits per heavy atom. The fraction of sp³-hybridized carbons (Fsp3) is 0.545. The first kappa shape index (κ1) is 12.5. The lowest BCUT2D eigenvalue weighted by Gasteiger charge is -2.12. The number of alkyl halides is 3. The van der Waals surface area contributed by atoms with E-state index < -0.39 is 11.7 Å². The van der Waals surface area contributed by atoms with E-state index in [2.05, 4.69) is 15.6 Å². The summed E-state index contributed by atoms with van der Waals surface area (Å²) in [6.07, 6.45) is -3.44. The van der Waals surface area contributed by atoms with Gasteiger partial charge >= 0.3 is 6.18 Å². The van der Waals surface area contributed by atoms with Gasteiger partial charge in [0.2, 0.25) is 0 Å². The van der Waals surface area contributed by atoms with Gasteiger partial charge in [-0.05, 0) is 40.5 Å². The van der Waals surface area contributed by atoms with Gasteiger partial charge in [-0.25, -0.2) is 4.98 Å². The van der Waals surface area contributed by atoms with Crippen LogP contribution in [0.4, 0.5) is 19.0 Å². The van der Waals surface area contributed by atoms with Gasteiger partial charge in [0.15, 0.2) is 0 Å². The molecule has 1 saturated carbocycles. The van der Waals surface area contributed by atoms with E-state index in [1.807, 2.05) is 22.6 Å². The smallest absolute Gasteiger partial charge is 0.366 e. The lowest BCUT2D eigenvalue weighted by atomic mass is 10.3. The number of nitrogens with one attached hydrogen (secondary N) is 2. The minimum atomic E-state index is -4.33. The molecule has 18 heavy (non-hydrogen) atoms. The first-order chi connectivity index (χ1) is 8.47. The predicted molar refractivity (Wildman–Crippen MR) is 69.2 cm³/mol.